The maximum atomic E-state index is 6.12. The summed E-state index contributed by atoms with van der Waals surface area (Å²) in [5, 5.41) is 9.49. The third-order valence-electron chi connectivity index (χ3n) is 4.86. The monoisotopic (exact) mass is 402 g/mol. The lowest BCUT2D eigenvalue weighted by Gasteiger charge is -2.13. The number of hydrogen-bond acceptors (Lipinski definition) is 5. The zero-order valence-corrected chi connectivity index (χ0v) is 16.9. The number of aromatic nitrogens is 3. The molecule has 3 aromatic rings. The number of nitrogens with one attached hydrogen (secondary N) is 1. The molecule has 3 heterocycles. The van der Waals surface area contributed by atoms with Gasteiger partial charge in [-0.05, 0) is 38.1 Å². The highest BCUT2D eigenvalue weighted by Gasteiger charge is 2.26. The summed E-state index contributed by atoms with van der Waals surface area (Å²) in [6.07, 6.45) is 3.94. The molecule has 1 saturated heterocycles. The van der Waals surface area contributed by atoms with E-state index in [1.165, 1.54) is 4.88 Å². The maximum absolute atomic E-state index is 6.12. The van der Waals surface area contributed by atoms with Gasteiger partial charge < -0.3 is 4.74 Å². The van der Waals surface area contributed by atoms with Crippen molar-refractivity contribution in [2.24, 2.45) is 0 Å². The van der Waals surface area contributed by atoms with E-state index in [9.17, 15) is 0 Å². The largest absolute Gasteiger partial charge is 0.492 e. The van der Waals surface area contributed by atoms with Crippen LogP contribution in [0.2, 0.25) is 5.02 Å². The van der Waals surface area contributed by atoms with Gasteiger partial charge in [0.25, 0.3) is 0 Å². The molecule has 1 atom stereocenters. The number of aromatic amines is 1. The predicted octanol–water partition coefficient (Wildman–Crippen LogP) is 4.44. The van der Waals surface area contributed by atoms with Crippen molar-refractivity contribution in [3.8, 4) is 5.75 Å². The van der Waals surface area contributed by atoms with E-state index in [1.54, 1.807) is 11.3 Å². The van der Waals surface area contributed by atoms with Crippen LogP contribution < -0.4 is 4.74 Å². The lowest BCUT2D eigenvalue weighted by atomic mass is 10.0. The molecule has 1 N–H and O–H groups in total. The molecule has 0 bridgehead atoms. The molecule has 1 aliphatic rings. The van der Waals surface area contributed by atoms with Gasteiger partial charge in [0.1, 0.15) is 5.75 Å². The van der Waals surface area contributed by atoms with E-state index in [4.69, 9.17) is 16.3 Å². The van der Waals surface area contributed by atoms with Crippen LogP contribution in [0.25, 0.3) is 0 Å². The minimum atomic E-state index is 0.494. The van der Waals surface area contributed by atoms with Crippen LogP contribution in [-0.4, -0.2) is 39.8 Å². The topological polar surface area (TPSA) is 54.0 Å². The smallest absolute Gasteiger partial charge is 0.137 e. The van der Waals surface area contributed by atoms with Gasteiger partial charge in [-0.25, -0.2) is 4.98 Å². The van der Waals surface area contributed by atoms with Gasteiger partial charge in [0.05, 0.1) is 22.3 Å². The number of thiazole rings is 1. The summed E-state index contributed by atoms with van der Waals surface area (Å²) in [4.78, 5) is 8.18. The zero-order chi connectivity index (χ0) is 18.6. The molecule has 1 aliphatic heterocycles. The van der Waals surface area contributed by atoms with Gasteiger partial charge in [0.15, 0.2) is 0 Å². The average Bonchev–Trinajstić information content (AvgIpc) is 3.38. The van der Waals surface area contributed by atoms with Crippen LogP contribution in [0.15, 0.2) is 36.5 Å². The summed E-state index contributed by atoms with van der Waals surface area (Å²) < 4.78 is 5.77. The van der Waals surface area contributed by atoms with Crippen molar-refractivity contribution in [2.75, 3.05) is 19.7 Å². The summed E-state index contributed by atoms with van der Waals surface area (Å²) in [6, 6.07) is 9.73. The van der Waals surface area contributed by atoms with Gasteiger partial charge in [-0.2, -0.15) is 5.10 Å². The first-order valence-corrected chi connectivity index (χ1v) is 10.4. The van der Waals surface area contributed by atoms with Gasteiger partial charge in [0, 0.05) is 42.2 Å². The predicted molar refractivity (Wildman–Crippen MR) is 109 cm³/mol. The molecule has 1 aromatic carbocycles. The number of hydrogen-bond donors (Lipinski definition) is 1. The van der Waals surface area contributed by atoms with Crippen molar-refractivity contribution in [3.05, 3.63) is 62.8 Å². The van der Waals surface area contributed by atoms with E-state index in [0.29, 0.717) is 17.5 Å². The van der Waals surface area contributed by atoms with E-state index < -0.39 is 0 Å². The first kappa shape index (κ1) is 18.5. The van der Waals surface area contributed by atoms with Crippen molar-refractivity contribution in [2.45, 2.75) is 32.2 Å². The molecule has 2 aromatic heterocycles. The molecular formula is C20H23ClN4OS. The first-order valence-electron chi connectivity index (χ1n) is 9.22. The number of aryl methyl sites for hydroxylation is 1. The Labute approximate surface area is 168 Å². The maximum Gasteiger partial charge on any atom is 0.137 e. The molecule has 0 radical (unpaired) electrons. The zero-order valence-electron chi connectivity index (χ0n) is 15.3. The Kier molecular flexibility index (Phi) is 5.76. The Morgan fingerprint density at radius 3 is 3.07 bits per heavy atom. The normalized spacial score (nSPS) is 17.5. The molecule has 142 valence electrons. The molecule has 5 nitrogen and oxygen atoms in total. The van der Waals surface area contributed by atoms with Crippen molar-refractivity contribution in [3.63, 3.8) is 0 Å². The lowest BCUT2D eigenvalue weighted by molar-refractivity contribution is 0.320. The molecule has 27 heavy (non-hydrogen) atoms. The van der Waals surface area contributed by atoms with E-state index >= 15 is 0 Å². The Morgan fingerprint density at radius 1 is 1.37 bits per heavy atom. The Hall–Kier alpha value is -1.89. The summed E-state index contributed by atoms with van der Waals surface area (Å²) >= 11 is 7.90. The molecule has 0 saturated carbocycles. The molecule has 7 heteroatoms. The second-order valence-corrected chi connectivity index (χ2v) is 8.64. The van der Waals surface area contributed by atoms with Crippen LogP contribution in [0.1, 0.15) is 33.6 Å². The quantitative estimate of drug-likeness (QED) is 0.634. The minimum Gasteiger partial charge on any atom is -0.492 e. The number of para-hydroxylation sites is 1. The van der Waals surface area contributed by atoms with Gasteiger partial charge in [0.2, 0.25) is 0 Å². The number of halogens is 1. The number of ether oxygens (including phenoxy) is 1. The molecule has 0 spiro atoms. The van der Waals surface area contributed by atoms with Gasteiger partial charge >= 0.3 is 0 Å². The van der Waals surface area contributed by atoms with E-state index in [0.717, 1.165) is 54.6 Å². The van der Waals surface area contributed by atoms with Crippen LogP contribution in [0, 0.1) is 6.92 Å². The Balaban J connectivity index is 1.27. The molecule has 0 amide bonds. The highest BCUT2D eigenvalue weighted by atomic mass is 35.5. The Bertz CT molecular complexity index is 894. The summed E-state index contributed by atoms with van der Waals surface area (Å²) in [7, 11) is 0. The average molecular weight is 403 g/mol. The highest BCUT2D eigenvalue weighted by molar-refractivity contribution is 7.11. The molecular weight excluding hydrogens is 380 g/mol. The number of nitrogens with zero attached hydrogens (tertiary/aromatic N) is 3. The number of likely N-dealkylation sites (tertiary alicyclic amines) is 1. The minimum absolute atomic E-state index is 0.494. The second kappa shape index (κ2) is 8.42. The summed E-state index contributed by atoms with van der Waals surface area (Å²) in [5.74, 6) is 1.22. The van der Waals surface area contributed by atoms with Gasteiger partial charge in [-0.15, -0.1) is 11.3 Å². The van der Waals surface area contributed by atoms with Crippen LogP contribution in [0.5, 0.6) is 5.75 Å². The summed E-state index contributed by atoms with van der Waals surface area (Å²) in [6.45, 7) is 5.79. The third-order valence-corrected chi connectivity index (χ3v) is 6.07. The van der Waals surface area contributed by atoms with Crippen LogP contribution in [0.3, 0.4) is 0 Å². The van der Waals surface area contributed by atoms with Crippen LogP contribution in [0.4, 0.5) is 0 Å². The van der Waals surface area contributed by atoms with E-state index in [-0.39, 0.29) is 0 Å². The SMILES string of the molecule is Cc1ncc(CN2CC[C@H](c3cc(CCOc4ccccc4Cl)[nH]n3)C2)s1. The number of benzene rings is 1. The van der Waals surface area contributed by atoms with Crippen LogP contribution in [-0.2, 0) is 13.0 Å². The van der Waals surface area contributed by atoms with Crippen molar-refractivity contribution in [1.29, 1.82) is 0 Å². The molecule has 1 fully saturated rings. The fourth-order valence-electron chi connectivity index (χ4n) is 3.47. The number of rotatable bonds is 7. The fourth-order valence-corrected chi connectivity index (χ4v) is 4.49. The fraction of sp³-hybridized carbons (Fsp3) is 0.400. The van der Waals surface area contributed by atoms with Gasteiger partial charge in [-0.3, -0.25) is 10.00 Å². The summed E-state index contributed by atoms with van der Waals surface area (Å²) in [5.41, 5.74) is 2.26. The second-order valence-electron chi connectivity index (χ2n) is 6.91. The van der Waals surface area contributed by atoms with Crippen molar-refractivity contribution in [1.82, 2.24) is 20.1 Å². The number of H-pyrrole nitrogens is 1. The molecule has 0 aliphatic carbocycles. The standard InChI is InChI=1S/C20H23ClN4OS/c1-14-22-11-17(27-14)13-25-8-6-15(12-25)19-10-16(23-24-19)7-9-26-20-5-3-2-4-18(20)21/h2-5,10-11,15H,6-9,12-13H2,1H3,(H,23,24)/t15-/m0/s1. The van der Waals surface area contributed by atoms with Crippen molar-refractivity contribution >= 4 is 22.9 Å². The lowest BCUT2D eigenvalue weighted by Crippen LogP contribution is -2.19. The first-order chi connectivity index (χ1) is 13.2. The van der Waals surface area contributed by atoms with Crippen molar-refractivity contribution < 1.29 is 4.74 Å². The third kappa shape index (κ3) is 4.69. The molecule has 0 unspecified atom stereocenters. The van der Waals surface area contributed by atoms with Crippen LogP contribution >= 0.6 is 22.9 Å². The Morgan fingerprint density at radius 2 is 2.26 bits per heavy atom. The van der Waals surface area contributed by atoms with Gasteiger partial charge in [-0.1, -0.05) is 23.7 Å². The van der Waals surface area contributed by atoms with E-state index in [2.05, 4.69) is 33.1 Å². The van der Waals surface area contributed by atoms with E-state index in [1.807, 2.05) is 30.5 Å². The molecule has 4 rings (SSSR count). The highest BCUT2D eigenvalue weighted by Crippen LogP contribution is 2.28.